The van der Waals surface area contributed by atoms with Crippen molar-refractivity contribution in [1.82, 2.24) is 4.98 Å². The largest absolute Gasteiger partial charge is 0.416 e. The molecule has 0 unspecified atom stereocenters. The molecule has 30 heavy (non-hydrogen) atoms. The number of hydrogen-bond acceptors (Lipinski definition) is 2. The first-order valence-electron chi connectivity index (χ1n) is 8.27. The zero-order chi connectivity index (χ0) is 22.1. The summed E-state index contributed by atoms with van der Waals surface area (Å²) < 4.78 is 95.9. The average Bonchev–Trinajstić information content (AvgIpc) is 2.67. The summed E-state index contributed by atoms with van der Waals surface area (Å²) in [6.45, 7) is 0. The Bertz CT molecular complexity index is 1060. The summed E-state index contributed by atoms with van der Waals surface area (Å²) in [6.07, 6.45) is -3.73. The van der Waals surface area contributed by atoms with E-state index in [0.29, 0.717) is 24.5 Å². The van der Waals surface area contributed by atoms with Gasteiger partial charge in [0.15, 0.2) is 11.6 Å². The maximum Gasteiger partial charge on any atom is 0.416 e. The summed E-state index contributed by atoms with van der Waals surface area (Å²) in [5.74, 6) is -7.62. The predicted octanol–water partition coefficient (Wildman–Crippen LogP) is 5.77. The van der Waals surface area contributed by atoms with Gasteiger partial charge in [0.2, 0.25) is 0 Å². The third-order valence-electron chi connectivity index (χ3n) is 4.16. The summed E-state index contributed by atoms with van der Waals surface area (Å²) in [6, 6.07) is 6.86. The average molecular weight is 428 g/mol. The van der Waals surface area contributed by atoms with E-state index in [1.165, 1.54) is 0 Å². The van der Waals surface area contributed by atoms with Gasteiger partial charge in [-0.2, -0.15) is 22.0 Å². The number of carbonyl (C=O) groups excluding carboxylic acids is 1. The number of carbonyl (C=O) groups is 1. The van der Waals surface area contributed by atoms with E-state index in [9.17, 15) is 35.5 Å². The highest BCUT2D eigenvalue weighted by Gasteiger charge is 2.43. The lowest BCUT2D eigenvalue weighted by molar-refractivity contribution is -0.140. The van der Waals surface area contributed by atoms with E-state index in [1.807, 2.05) is 0 Å². The standard InChI is InChI=1S/C20H11F7N2O/c21-15-9-28-10-16(22)17(15)18(30)29-12-7-5-11(6-8-12)19(23,24)13-3-1-2-4-14(13)20(25,26)27/h1-10H,(H,29,30). The molecule has 0 aliphatic carbocycles. The number of nitrogens with zero attached hydrogens (tertiary/aromatic N) is 1. The van der Waals surface area contributed by atoms with Crippen molar-refractivity contribution < 1.29 is 35.5 Å². The molecule has 0 saturated carbocycles. The molecule has 0 saturated heterocycles. The molecule has 0 aliphatic rings. The van der Waals surface area contributed by atoms with Gasteiger partial charge in [0.05, 0.1) is 18.0 Å². The number of benzene rings is 2. The molecule has 0 spiro atoms. The number of rotatable bonds is 4. The second-order valence-electron chi connectivity index (χ2n) is 6.13. The summed E-state index contributed by atoms with van der Waals surface area (Å²) >= 11 is 0. The Morgan fingerprint density at radius 1 is 0.800 bits per heavy atom. The topological polar surface area (TPSA) is 42.0 Å². The second kappa shape index (κ2) is 7.77. The second-order valence-corrected chi connectivity index (χ2v) is 6.13. The van der Waals surface area contributed by atoms with Crippen LogP contribution in [0, 0.1) is 11.6 Å². The van der Waals surface area contributed by atoms with Gasteiger partial charge in [-0.1, -0.05) is 30.3 Å². The number of pyridine rings is 1. The molecule has 1 N–H and O–H groups in total. The molecule has 1 aromatic heterocycles. The zero-order valence-corrected chi connectivity index (χ0v) is 14.8. The van der Waals surface area contributed by atoms with Crippen LogP contribution in [0.2, 0.25) is 0 Å². The van der Waals surface area contributed by atoms with Gasteiger partial charge in [0.25, 0.3) is 11.8 Å². The van der Waals surface area contributed by atoms with E-state index in [-0.39, 0.29) is 5.69 Å². The van der Waals surface area contributed by atoms with Crippen molar-refractivity contribution in [3.05, 3.63) is 94.8 Å². The van der Waals surface area contributed by atoms with E-state index < -0.39 is 51.9 Å². The number of nitrogens with one attached hydrogen (secondary N) is 1. The van der Waals surface area contributed by atoms with Crippen LogP contribution in [0.15, 0.2) is 60.9 Å². The number of anilines is 1. The van der Waals surface area contributed by atoms with E-state index in [2.05, 4.69) is 10.3 Å². The fourth-order valence-electron chi connectivity index (χ4n) is 2.74. The monoisotopic (exact) mass is 428 g/mol. The Labute approximate surface area is 165 Å². The molecular formula is C20H11F7N2O. The van der Waals surface area contributed by atoms with Gasteiger partial charge in [-0.3, -0.25) is 9.78 Å². The molecule has 2 aromatic carbocycles. The van der Waals surface area contributed by atoms with Crippen LogP contribution in [-0.2, 0) is 12.1 Å². The molecule has 0 atom stereocenters. The van der Waals surface area contributed by atoms with Crippen LogP contribution in [-0.4, -0.2) is 10.9 Å². The van der Waals surface area contributed by atoms with Crippen molar-refractivity contribution in [2.75, 3.05) is 5.32 Å². The molecule has 1 amide bonds. The normalized spacial score (nSPS) is 12.0. The fourth-order valence-corrected chi connectivity index (χ4v) is 2.74. The van der Waals surface area contributed by atoms with Crippen molar-refractivity contribution in [1.29, 1.82) is 0 Å². The van der Waals surface area contributed by atoms with Crippen molar-refractivity contribution in [3.8, 4) is 0 Å². The molecule has 156 valence electrons. The van der Waals surface area contributed by atoms with Crippen LogP contribution in [0.25, 0.3) is 0 Å². The highest BCUT2D eigenvalue weighted by Crippen LogP contribution is 2.43. The molecule has 0 fully saturated rings. The van der Waals surface area contributed by atoms with E-state index in [0.717, 1.165) is 36.4 Å². The third-order valence-corrected chi connectivity index (χ3v) is 4.16. The van der Waals surface area contributed by atoms with Crippen LogP contribution in [0.4, 0.5) is 36.4 Å². The SMILES string of the molecule is O=C(Nc1ccc(C(F)(F)c2ccccc2C(F)(F)F)cc1)c1c(F)cncc1F. The minimum Gasteiger partial charge on any atom is -0.322 e. The van der Waals surface area contributed by atoms with Crippen molar-refractivity contribution in [2.24, 2.45) is 0 Å². The van der Waals surface area contributed by atoms with Gasteiger partial charge < -0.3 is 5.32 Å². The van der Waals surface area contributed by atoms with Crippen LogP contribution < -0.4 is 5.32 Å². The molecule has 0 bridgehead atoms. The van der Waals surface area contributed by atoms with Crippen molar-refractivity contribution >= 4 is 11.6 Å². The van der Waals surface area contributed by atoms with E-state index in [4.69, 9.17) is 0 Å². The maximum absolute atomic E-state index is 14.8. The lowest BCUT2D eigenvalue weighted by Gasteiger charge is -2.22. The Morgan fingerprint density at radius 2 is 1.33 bits per heavy atom. The molecule has 0 aliphatic heterocycles. The van der Waals surface area contributed by atoms with Gasteiger partial charge in [-0.15, -0.1) is 0 Å². The lowest BCUT2D eigenvalue weighted by atomic mass is 9.95. The summed E-state index contributed by atoms with van der Waals surface area (Å²) in [4.78, 5) is 15.3. The number of hydrogen-bond donors (Lipinski definition) is 1. The molecular weight excluding hydrogens is 417 g/mol. The van der Waals surface area contributed by atoms with Crippen LogP contribution >= 0.6 is 0 Å². The third kappa shape index (κ3) is 4.12. The molecule has 3 nitrogen and oxygen atoms in total. The predicted molar refractivity (Wildman–Crippen MR) is 93.0 cm³/mol. The first-order chi connectivity index (χ1) is 14.0. The van der Waals surface area contributed by atoms with E-state index >= 15 is 0 Å². The van der Waals surface area contributed by atoms with Crippen LogP contribution in [0.5, 0.6) is 0 Å². The fraction of sp³-hybridized carbons (Fsp3) is 0.100. The minimum absolute atomic E-state index is 0.0979. The van der Waals surface area contributed by atoms with Crippen LogP contribution in [0.3, 0.4) is 0 Å². The first kappa shape index (κ1) is 21.3. The van der Waals surface area contributed by atoms with Gasteiger partial charge >= 0.3 is 6.18 Å². The Kier molecular flexibility index (Phi) is 5.51. The Hall–Kier alpha value is -3.43. The Morgan fingerprint density at radius 3 is 1.87 bits per heavy atom. The van der Waals surface area contributed by atoms with Crippen molar-refractivity contribution in [3.63, 3.8) is 0 Å². The summed E-state index contributed by atoms with van der Waals surface area (Å²) in [5, 5.41) is 2.12. The minimum atomic E-state index is -4.98. The van der Waals surface area contributed by atoms with Crippen LogP contribution in [0.1, 0.15) is 27.0 Å². The van der Waals surface area contributed by atoms with Gasteiger partial charge in [0.1, 0.15) is 5.56 Å². The number of alkyl halides is 5. The molecule has 3 rings (SSSR count). The molecule has 3 aromatic rings. The van der Waals surface area contributed by atoms with Gasteiger partial charge in [0, 0.05) is 16.8 Å². The van der Waals surface area contributed by atoms with Crippen molar-refractivity contribution in [2.45, 2.75) is 12.1 Å². The number of amides is 1. The quantitative estimate of drug-likeness (QED) is 0.536. The highest BCUT2D eigenvalue weighted by molar-refractivity contribution is 6.04. The highest BCUT2D eigenvalue weighted by atomic mass is 19.4. The smallest absolute Gasteiger partial charge is 0.322 e. The molecule has 1 heterocycles. The number of aromatic nitrogens is 1. The molecule has 0 radical (unpaired) electrons. The lowest BCUT2D eigenvalue weighted by Crippen LogP contribution is -2.21. The first-order valence-corrected chi connectivity index (χ1v) is 8.27. The van der Waals surface area contributed by atoms with Gasteiger partial charge in [-0.05, 0) is 18.2 Å². The maximum atomic E-state index is 14.8. The summed E-state index contributed by atoms with van der Waals surface area (Å²) in [7, 11) is 0. The molecule has 10 heteroatoms. The number of halogens is 7. The summed E-state index contributed by atoms with van der Waals surface area (Å²) in [5.41, 5.74) is -4.48. The Balaban J connectivity index is 1.88. The van der Waals surface area contributed by atoms with E-state index in [1.54, 1.807) is 0 Å². The zero-order valence-electron chi connectivity index (χ0n) is 14.8. The van der Waals surface area contributed by atoms with Gasteiger partial charge in [-0.25, -0.2) is 8.78 Å².